The van der Waals surface area contributed by atoms with E-state index in [9.17, 15) is 4.79 Å². The van der Waals surface area contributed by atoms with Gasteiger partial charge in [-0.1, -0.05) is 6.92 Å². The fourth-order valence-corrected chi connectivity index (χ4v) is 3.88. The molecule has 7 heteroatoms. The summed E-state index contributed by atoms with van der Waals surface area (Å²) in [6, 6.07) is 0.356. The minimum absolute atomic E-state index is 0.0695. The molecule has 1 aromatic heterocycles. The van der Waals surface area contributed by atoms with E-state index in [-0.39, 0.29) is 12.1 Å². The molecule has 0 aromatic carbocycles. The molecule has 0 unspecified atom stereocenters. The number of carbonyl (C=O) groups is 1. The van der Waals surface area contributed by atoms with Gasteiger partial charge in [0.2, 0.25) is 0 Å². The molecule has 140 valence electrons. The summed E-state index contributed by atoms with van der Waals surface area (Å²) in [5, 5.41) is 7.39. The van der Waals surface area contributed by atoms with Gasteiger partial charge in [0.15, 0.2) is 0 Å². The lowest BCUT2D eigenvalue weighted by Crippen LogP contribution is -2.55. The maximum absolute atomic E-state index is 12.5. The SMILES string of the molecule is CCCNC(=O)N1CCOC[C@H]2CN(Cc3cnn(CC)c3)CC[C@H]21. The average molecular weight is 349 g/mol. The number of piperidine rings is 1. The number of ether oxygens (including phenoxy) is 1. The molecule has 0 aliphatic carbocycles. The standard InChI is InChI=1S/C18H31N5O2/c1-3-6-19-18(24)23-8-9-25-14-16-13-21(7-5-17(16)23)11-15-10-20-22(4-2)12-15/h10,12,16-17H,3-9,11,13-14H2,1-2H3,(H,19,24)/t16-,17-/m1/s1. The van der Waals surface area contributed by atoms with Crippen molar-refractivity contribution >= 4 is 6.03 Å². The summed E-state index contributed by atoms with van der Waals surface area (Å²) in [7, 11) is 0. The molecule has 2 saturated heterocycles. The van der Waals surface area contributed by atoms with Crippen LogP contribution in [0.4, 0.5) is 4.79 Å². The van der Waals surface area contributed by atoms with Crippen LogP contribution >= 0.6 is 0 Å². The van der Waals surface area contributed by atoms with Crippen molar-refractivity contribution in [3.63, 3.8) is 0 Å². The van der Waals surface area contributed by atoms with E-state index >= 15 is 0 Å². The Bertz CT molecular complexity index is 561. The zero-order chi connectivity index (χ0) is 17.6. The Balaban J connectivity index is 1.60. The topological polar surface area (TPSA) is 62.6 Å². The second-order valence-electron chi connectivity index (χ2n) is 7.06. The molecule has 1 N–H and O–H groups in total. The number of fused-ring (bicyclic) bond motifs is 1. The molecule has 2 atom stereocenters. The molecule has 0 spiro atoms. The number of aryl methyl sites for hydroxylation is 1. The second-order valence-corrected chi connectivity index (χ2v) is 7.06. The van der Waals surface area contributed by atoms with E-state index in [1.165, 1.54) is 5.56 Å². The third-order valence-electron chi connectivity index (χ3n) is 5.19. The van der Waals surface area contributed by atoms with Gasteiger partial charge >= 0.3 is 6.03 Å². The largest absolute Gasteiger partial charge is 0.379 e. The first-order valence-electron chi connectivity index (χ1n) is 9.57. The number of aromatic nitrogens is 2. The molecule has 0 saturated carbocycles. The van der Waals surface area contributed by atoms with Crippen LogP contribution < -0.4 is 5.32 Å². The molecular weight excluding hydrogens is 318 g/mol. The van der Waals surface area contributed by atoms with Crippen LogP contribution in [0.5, 0.6) is 0 Å². The first-order valence-corrected chi connectivity index (χ1v) is 9.57. The monoisotopic (exact) mass is 349 g/mol. The van der Waals surface area contributed by atoms with E-state index in [2.05, 4.69) is 35.4 Å². The second kappa shape index (κ2) is 8.67. The van der Waals surface area contributed by atoms with Gasteiger partial charge in [0.25, 0.3) is 0 Å². The minimum atomic E-state index is 0.0695. The zero-order valence-corrected chi connectivity index (χ0v) is 15.5. The normalized spacial score (nSPS) is 24.6. The molecule has 1 aromatic rings. The predicted octanol–water partition coefficient (Wildman–Crippen LogP) is 1.55. The Labute approximate surface area is 150 Å². The maximum Gasteiger partial charge on any atom is 0.317 e. The Morgan fingerprint density at radius 3 is 3.04 bits per heavy atom. The predicted molar refractivity (Wildman–Crippen MR) is 96.3 cm³/mol. The number of likely N-dealkylation sites (tertiary alicyclic amines) is 1. The number of hydrogen-bond donors (Lipinski definition) is 1. The lowest BCUT2D eigenvalue weighted by molar-refractivity contribution is 0.0542. The molecule has 0 bridgehead atoms. The lowest BCUT2D eigenvalue weighted by atomic mass is 9.91. The van der Waals surface area contributed by atoms with E-state index < -0.39 is 0 Å². The number of urea groups is 1. The fourth-order valence-electron chi connectivity index (χ4n) is 3.88. The highest BCUT2D eigenvalue weighted by molar-refractivity contribution is 5.74. The summed E-state index contributed by atoms with van der Waals surface area (Å²) >= 11 is 0. The van der Waals surface area contributed by atoms with Crippen LogP contribution in [0, 0.1) is 5.92 Å². The number of rotatable bonds is 5. The average Bonchev–Trinajstić information content (AvgIpc) is 2.97. The number of nitrogens with one attached hydrogen (secondary N) is 1. The van der Waals surface area contributed by atoms with Crippen molar-refractivity contribution in [1.82, 2.24) is 24.9 Å². The van der Waals surface area contributed by atoms with E-state index in [0.29, 0.717) is 19.1 Å². The zero-order valence-electron chi connectivity index (χ0n) is 15.5. The van der Waals surface area contributed by atoms with Gasteiger partial charge in [-0.15, -0.1) is 0 Å². The van der Waals surface area contributed by atoms with Gasteiger partial charge in [-0.25, -0.2) is 4.79 Å². The highest BCUT2D eigenvalue weighted by Gasteiger charge is 2.37. The Kier molecular flexibility index (Phi) is 6.31. The summed E-state index contributed by atoms with van der Waals surface area (Å²) in [4.78, 5) is 17.0. The van der Waals surface area contributed by atoms with E-state index in [1.54, 1.807) is 0 Å². The molecule has 0 radical (unpaired) electrons. The summed E-state index contributed by atoms with van der Waals surface area (Å²) in [6.07, 6.45) is 6.06. The van der Waals surface area contributed by atoms with Gasteiger partial charge in [0.1, 0.15) is 0 Å². The summed E-state index contributed by atoms with van der Waals surface area (Å²) in [5.74, 6) is 0.379. The Hall–Kier alpha value is -1.60. The van der Waals surface area contributed by atoms with Crippen LogP contribution in [0.2, 0.25) is 0 Å². The Morgan fingerprint density at radius 1 is 1.40 bits per heavy atom. The molecule has 3 rings (SSSR count). The van der Waals surface area contributed by atoms with Crippen LogP contribution in [0.15, 0.2) is 12.4 Å². The molecule has 25 heavy (non-hydrogen) atoms. The smallest absolute Gasteiger partial charge is 0.317 e. The van der Waals surface area contributed by atoms with Crippen molar-refractivity contribution < 1.29 is 9.53 Å². The van der Waals surface area contributed by atoms with E-state index in [0.717, 1.165) is 52.2 Å². The van der Waals surface area contributed by atoms with Crippen molar-refractivity contribution in [2.75, 3.05) is 39.4 Å². The number of hydrogen-bond acceptors (Lipinski definition) is 4. The van der Waals surface area contributed by atoms with Crippen LogP contribution in [-0.4, -0.2) is 71.0 Å². The lowest BCUT2D eigenvalue weighted by Gasteiger charge is -2.41. The molecule has 2 aliphatic rings. The summed E-state index contributed by atoms with van der Waals surface area (Å²) in [5.41, 5.74) is 1.26. The van der Waals surface area contributed by atoms with E-state index in [1.807, 2.05) is 15.8 Å². The van der Waals surface area contributed by atoms with Crippen molar-refractivity contribution in [3.05, 3.63) is 18.0 Å². The van der Waals surface area contributed by atoms with Crippen molar-refractivity contribution in [3.8, 4) is 0 Å². The van der Waals surface area contributed by atoms with Crippen LogP contribution in [0.3, 0.4) is 0 Å². The molecule has 3 heterocycles. The minimum Gasteiger partial charge on any atom is -0.379 e. The maximum atomic E-state index is 12.5. The molecule has 2 amide bonds. The van der Waals surface area contributed by atoms with Gasteiger partial charge in [-0.2, -0.15) is 5.10 Å². The van der Waals surface area contributed by atoms with Crippen molar-refractivity contribution in [2.45, 2.75) is 45.8 Å². The van der Waals surface area contributed by atoms with Gasteiger partial charge in [0, 0.05) is 63.0 Å². The Morgan fingerprint density at radius 2 is 2.28 bits per heavy atom. The van der Waals surface area contributed by atoms with Gasteiger partial charge in [-0.3, -0.25) is 9.58 Å². The van der Waals surface area contributed by atoms with Crippen LogP contribution in [0.1, 0.15) is 32.3 Å². The van der Waals surface area contributed by atoms with Gasteiger partial charge < -0.3 is 15.0 Å². The van der Waals surface area contributed by atoms with Crippen molar-refractivity contribution in [2.24, 2.45) is 5.92 Å². The quantitative estimate of drug-likeness (QED) is 0.876. The highest BCUT2D eigenvalue weighted by Crippen LogP contribution is 2.26. The van der Waals surface area contributed by atoms with Gasteiger partial charge in [0.05, 0.1) is 19.4 Å². The third kappa shape index (κ3) is 4.52. The first-order chi connectivity index (χ1) is 12.2. The van der Waals surface area contributed by atoms with Crippen LogP contribution in [0.25, 0.3) is 0 Å². The number of amides is 2. The van der Waals surface area contributed by atoms with Gasteiger partial charge in [-0.05, 0) is 19.8 Å². The molecule has 2 fully saturated rings. The first kappa shape index (κ1) is 18.2. The molecular formula is C18H31N5O2. The highest BCUT2D eigenvalue weighted by atomic mass is 16.5. The van der Waals surface area contributed by atoms with Crippen molar-refractivity contribution in [1.29, 1.82) is 0 Å². The van der Waals surface area contributed by atoms with Crippen LogP contribution in [-0.2, 0) is 17.8 Å². The third-order valence-corrected chi connectivity index (χ3v) is 5.19. The summed E-state index contributed by atoms with van der Waals surface area (Å²) in [6.45, 7) is 10.8. The molecule has 2 aliphatic heterocycles. The molecule has 7 nitrogen and oxygen atoms in total. The summed E-state index contributed by atoms with van der Waals surface area (Å²) < 4.78 is 7.77. The number of carbonyl (C=O) groups excluding carboxylic acids is 1. The van der Waals surface area contributed by atoms with E-state index in [4.69, 9.17) is 4.74 Å². The number of nitrogens with zero attached hydrogens (tertiary/aromatic N) is 4. The fraction of sp³-hybridized carbons (Fsp3) is 0.778.